The van der Waals surface area contributed by atoms with Gasteiger partial charge in [0.15, 0.2) is 0 Å². The highest BCUT2D eigenvalue weighted by molar-refractivity contribution is 6.31. The molecule has 0 spiro atoms. The van der Waals surface area contributed by atoms with Crippen molar-refractivity contribution in [3.8, 4) is 0 Å². The molecule has 28 heavy (non-hydrogen) atoms. The Balaban J connectivity index is 1.70. The van der Waals surface area contributed by atoms with Crippen LogP contribution in [0, 0.1) is 22.9 Å². The molecule has 9 nitrogen and oxygen atoms in total. The molecule has 2 aromatic heterocycles. The Labute approximate surface area is 163 Å². The number of aryl methyl sites for hydroxylation is 1. The van der Waals surface area contributed by atoms with E-state index in [1.54, 1.807) is 13.0 Å². The van der Waals surface area contributed by atoms with E-state index in [0.717, 1.165) is 0 Å². The fourth-order valence-corrected chi connectivity index (χ4v) is 2.80. The van der Waals surface area contributed by atoms with Crippen LogP contribution in [-0.2, 0) is 11.3 Å². The van der Waals surface area contributed by atoms with Gasteiger partial charge < -0.3 is 5.32 Å². The number of nitro groups is 1. The van der Waals surface area contributed by atoms with Gasteiger partial charge in [-0.15, -0.1) is 0 Å². The number of amides is 1. The lowest BCUT2D eigenvalue weighted by Crippen LogP contribution is -2.24. The number of halogens is 2. The molecule has 1 amide bonds. The Kier molecular flexibility index (Phi) is 5.41. The quantitative estimate of drug-likeness (QED) is 0.499. The third-order valence-corrected chi connectivity index (χ3v) is 4.50. The molecule has 0 aliphatic heterocycles. The molecule has 0 radical (unpaired) electrons. The van der Waals surface area contributed by atoms with E-state index < -0.39 is 22.7 Å². The zero-order chi connectivity index (χ0) is 20.4. The maximum atomic E-state index is 13.9. The molecule has 0 bridgehead atoms. The number of hydrogen-bond acceptors (Lipinski definition) is 5. The number of anilines is 1. The van der Waals surface area contributed by atoms with Crippen LogP contribution in [0.25, 0.3) is 0 Å². The lowest BCUT2D eigenvalue weighted by Gasteiger charge is -2.11. The molecule has 146 valence electrons. The van der Waals surface area contributed by atoms with Crippen LogP contribution in [0.5, 0.6) is 0 Å². The number of nitrogens with zero attached hydrogens (tertiary/aromatic N) is 5. The lowest BCUT2D eigenvalue weighted by atomic mass is 10.2. The highest BCUT2D eigenvalue weighted by Crippen LogP contribution is 2.21. The Hall–Kier alpha value is -3.27. The first-order valence-electron chi connectivity index (χ1n) is 8.22. The lowest BCUT2D eigenvalue weighted by molar-refractivity contribution is -0.385. The van der Waals surface area contributed by atoms with Gasteiger partial charge in [-0.1, -0.05) is 17.7 Å². The van der Waals surface area contributed by atoms with E-state index in [1.165, 1.54) is 47.0 Å². The van der Waals surface area contributed by atoms with Crippen LogP contribution in [0.1, 0.15) is 24.2 Å². The van der Waals surface area contributed by atoms with Gasteiger partial charge >= 0.3 is 5.69 Å². The van der Waals surface area contributed by atoms with E-state index in [9.17, 15) is 19.3 Å². The molecule has 3 rings (SSSR count). The molecule has 1 aromatic carbocycles. The van der Waals surface area contributed by atoms with Gasteiger partial charge in [0.05, 0.1) is 23.4 Å². The number of hydrogen-bond donors (Lipinski definition) is 1. The van der Waals surface area contributed by atoms with E-state index in [1.807, 2.05) is 0 Å². The van der Waals surface area contributed by atoms with E-state index in [4.69, 9.17) is 11.6 Å². The third-order valence-electron chi connectivity index (χ3n) is 4.15. The second kappa shape index (κ2) is 7.77. The molecule has 0 aliphatic rings. The standard InChI is InChI=1S/C17H16ClFN6O3/c1-10-16(25(27)28)9-24(22-10)11(2)17(26)21-12-6-20-23(7-12)8-13-14(18)4-3-5-15(13)19/h3-7,9,11H,8H2,1-2H3,(H,21,26). The van der Waals surface area contributed by atoms with Gasteiger partial charge in [-0.25, -0.2) is 4.39 Å². The van der Waals surface area contributed by atoms with Gasteiger partial charge in [0.25, 0.3) is 0 Å². The number of carbonyl (C=O) groups is 1. The highest BCUT2D eigenvalue weighted by Gasteiger charge is 2.22. The largest absolute Gasteiger partial charge is 0.322 e. The summed E-state index contributed by atoms with van der Waals surface area (Å²) in [5, 5.41) is 22.0. The van der Waals surface area contributed by atoms with Crippen molar-refractivity contribution in [1.29, 1.82) is 0 Å². The molecule has 1 N–H and O–H groups in total. The van der Waals surface area contributed by atoms with Gasteiger partial charge in [-0.2, -0.15) is 10.2 Å². The zero-order valence-electron chi connectivity index (χ0n) is 15.0. The first-order chi connectivity index (χ1) is 13.3. The predicted molar refractivity (Wildman–Crippen MR) is 99.7 cm³/mol. The fraction of sp³-hybridized carbons (Fsp3) is 0.235. The molecule has 0 fully saturated rings. The maximum absolute atomic E-state index is 13.9. The summed E-state index contributed by atoms with van der Waals surface area (Å²) in [5.74, 6) is -0.876. The van der Waals surface area contributed by atoms with Crippen molar-refractivity contribution >= 4 is 28.9 Å². The monoisotopic (exact) mass is 406 g/mol. The smallest absolute Gasteiger partial charge is 0.309 e. The van der Waals surface area contributed by atoms with Crippen molar-refractivity contribution in [2.75, 3.05) is 5.32 Å². The van der Waals surface area contributed by atoms with Gasteiger partial charge in [0.1, 0.15) is 23.7 Å². The summed E-state index contributed by atoms with van der Waals surface area (Å²) in [6.45, 7) is 3.16. The first-order valence-corrected chi connectivity index (χ1v) is 8.60. The third kappa shape index (κ3) is 4.01. The SMILES string of the molecule is Cc1nn(C(C)C(=O)Nc2cnn(Cc3c(F)cccc3Cl)c2)cc1[N+](=O)[O-]. The van der Waals surface area contributed by atoms with E-state index in [-0.39, 0.29) is 28.5 Å². The second-order valence-electron chi connectivity index (χ2n) is 6.13. The summed E-state index contributed by atoms with van der Waals surface area (Å²) in [7, 11) is 0. The summed E-state index contributed by atoms with van der Waals surface area (Å²) in [6.07, 6.45) is 4.16. The van der Waals surface area contributed by atoms with E-state index in [2.05, 4.69) is 15.5 Å². The normalized spacial score (nSPS) is 12.0. The van der Waals surface area contributed by atoms with Crippen molar-refractivity contribution in [3.63, 3.8) is 0 Å². The fourth-order valence-electron chi connectivity index (χ4n) is 2.58. The van der Waals surface area contributed by atoms with Crippen molar-refractivity contribution in [2.24, 2.45) is 0 Å². The number of aromatic nitrogens is 4. The van der Waals surface area contributed by atoms with Gasteiger partial charge in [0, 0.05) is 16.8 Å². The van der Waals surface area contributed by atoms with Crippen LogP contribution >= 0.6 is 11.6 Å². The van der Waals surface area contributed by atoms with Crippen molar-refractivity contribution in [1.82, 2.24) is 19.6 Å². The first kappa shape index (κ1) is 19.5. The average molecular weight is 407 g/mol. The van der Waals surface area contributed by atoms with Crippen LogP contribution in [0.15, 0.2) is 36.8 Å². The Bertz CT molecular complexity index is 1030. The van der Waals surface area contributed by atoms with Crippen molar-refractivity contribution in [3.05, 3.63) is 69.0 Å². The second-order valence-corrected chi connectivity index (χ2v) is 6.54. The van der Waals surface area contributed by atoms with E-state index in [0.29, 0.717) is 5.69 Å². The number of nitrogens with one attached hydrogen (secondary N) is 1. The van der Waals surface area contributed by atoms with Crippen LogP contribution in [-0.4, -0.2) is 30.4 Å². The molecule has 2 heterocycles. The van der Waals surface area contributed by atoms with Crippen molar-refractivity contribution in [2.45, 2.75) is 26.4 Å². The van der Waals surface area contributed by atoms with Crippen LogP contribution in [0.3, 0.4) is 0 Å². The van der Waals surface area contributed by atoms with Gasteiger partial charge in [-0.3, -0.25) is 24.3 Å². The minimum absolute atomic E-state index is 0.0987. The van der Waals surface area contributed by atoms with E-state index >= 15 is 0 Å². The molecule has 0 saturated heterocycles. The van der Waals surface area contributed by atoms with Crippen molar-refractivity contribution < 1.29 is 14.1 Å². The molecule has 0 aliphatic carbocycles. The van der Waals surface area contributed by atoms with Crippen LogP contribution < -0.4 is 5.32 Å². The highest BCUT2D eigenvalue weighted by atomic mass is 35.5. The summed E-state index contributed by atoms with van der Waals surface area (Å²) >= 11 is 6.01. The number of rotatable bonds is 6. The topological polar surface area (TPSA) is 108 Å². The summed E-state index contributed by atoms with van der Waals surface area (Å²) in [5.41, 5.74) is 0.744. The molecule has 3 aromatic rings. The van der Waals surface area contributed by atoms with Crippen LogP contribution in [0.4, 0.5) is 15.8 Å². The Morgan fingerprint density at radius 1 is 1.43 bits per heavy atom. The molecular formula is C17H16ClFN6O3. The Morgan fingerprint density at radius 2 is 2.18 bits per heavy atom. The minimum atomic E-state index is -0.781. The minimum Gasteiger partial charge on any atom is -0.322 e. The Morgan fingerprint density at radius 3 is 2.82 bits per heavy atom. The average Bonchev–Trinajstić information content (AvgIpc) is 3.24. The van der Waals surface area contributed by atoms with Gasteiger partial charge in [-0.05, 0) is 26.0 Å². The molecular weight excluding hydrogens is 391 g/mol. The number of carbonyl (C=O) groups excluding carboxylic acids is 1. The molecule has 11 heteroatoms. The van der Waals surface area contributed by atoms with Gasteiger partial charge in [0.2, 0.25) is 5.91 Å². The molecule has 0 saturated carbocycles. The summed E-state index contributed by atoms with van der Waals surface area (Å²) < 4.78 is 16.6. The molecule has 1 unspecified atom stereocenters. The zero-order valence-corrected chi connectivity index (χ0v) is 15.7. The predicted octanol–water partition coefficient (Wildman–Crippen LogP) is 3.34. The summed E-state index contributed by atoms with van der Waals surface area (Å²) in [4.78, 5) is 22.8. The number of benzene rings is 1. The molecule has 1 atom stereocenters. The summed E-state index contributed by atoms with van der Waals surface area (Å²) in [6, 6.07) is 3.62. The van der Waals surface area contributed by atoms with Crippen LogP contribution in [0.2, 0.25) is 5.02 Å². The maximum Gasteiger partial charge on any atom is 0.309 e.